The summed E-state index contributed by atoms with van der Waals surface area (Å²) in [6.45, 7) is 10.9. The van der Waals surface area contributed by atoms with Gasteiger partial charge >= 0.3 is 6.09 Å². The third-order valence-corrected chi connectivity index (χ3v) is 6.53. The van der Waals surface area contributed by atoms with Gasteiger partial charge in [0.05, 0.1) is 5.41 Å². The maximum absolute atomic E-state index is 14.6. The Morgan fingerprint density at radius 1 is 1.03 bits per heavy atom. The number of anilines is 1. The van der Waals surface area contributed by atoms with Gasteiger partial charge < -0.3 is 14.5 Å². The van der Waals surface area contributed by atoms with Gasteiger partial charge in [0.1, 0.15) is 11.4 Å². The molecule has 0 aliphatic carbocycles. The smallest absolute Gasteiger partial charge is 0.410 e. The summed E-state index contributed by atoms with van der Waals surface area (Å²) in [6, 6.07) is 14.7. The van der Waals surface area contributed by atoms with E-state index in [1.807, 2.05) is 52.0 Å². The SMILES string of the molecule is CCc1ccc(N(CC)C(=O)C2(Cc3ccccc3F)CCN(C(=O)OC(C)(C)C)CC2)cc1. The second-order valence-corrected chi connectivity index (χ2v) is 10.1. The lowest BCUT2D eigenvalue weighted by Crippen LogP contribution is -2.53. The Balaban J connectivity index is 1.90. The minimum Gasteiger partial charge on any atom is -0.444 e. The Morgan fingerprint density at radius 2 is 1.65 bits per heavy atom. The van der Waals surface area contributed by atoms with E-state index in [1.54, 1.807) is 28.0 Å². The van der Waals surface area contributed by atoms with Crippen LogP contribution in [0.15, 0.2) is 48.5 Å². The lowest BCUT2D eigenvalue weighted by Gasteiger charge is -2.43. The van der Waals surface area contributed by atoms with Gasteiger partial charge in [0.2, 0.25) is 5.91 Å². The molecule has 1 aliphatic heterocycles. The van der Waals surface area contributed by atoms with E-state index in [-0.39, 0.29) is 17.8 Å². The number of aryl methyl sites for hydroxylation is 1. The van der Waals surface area contributed by atoms with Gasteiger partial charge in [-0.05, 0) is 82.7 Å². The van der Waals surface area contributed by atoms with Crippen molar-refractivity contribution in [2.24, 2.45) is 5.41 Å². The Bertz CT molecular complexity index is 989. The van der Waals surface area contributed by atoms with Gasteiger partial charge in [-0.1, -0.05) is 37.3 Å². The molecule has 5 nitrogen and oxygen atoms in total. The third kappa shape index (κ3) is 5.96. The van der Waals surface area contributed by atoms with Crippen molar-refractivity contribution >= 4 is 17.7 Å². The first-order valence-corrected chi connectivity index (χ1v) is 12.2. The van der Waals surface area contributed by atoms with Crippen LogP contribution in [0.4, 0.5) is 14.9 Å². The monoisotopic (exact) mass is 468 g/mol. The average Bonchev–Trinajstić information content (AvgIpc) is 2.80. The molecule has 1 aliphatic rings. The summed E-state index contributed by atoms with van der Waals surface area (Å²) in [4.78, 5) is 30.2. The first kappa shape index (κ1) is 25.7. The average molecular weight is 469 g/mol. The second kappa shape index (κ2) is 10.6. The first-order chi connectivity index (χ1) is 16.1. The first-order valence-electron chi connectivity index (χ1n) is 12.2. The fourth-order valence-corrected chi connectivity index (χ4v) is 4.56. The Hall–Kier alpha value is -2.89. The number of rotatable bonds is 6. The number of hydrogen-bond donors (Lipinski definition) is 0. The highest BCUT2D eigenvalue weighted by Crippen LogP contribution is 2.39. The molecule has 2 aromatic rings. The number of carbonyl (C=O) groups excluding carboxylic acids is 2. The van der Waals surface area contributed by atoms with Gasteiger partial charge in [-0.3, -0.25) is 4.79 Å². The van der Waals surface area contributed by atoms with Crippen molar-refractivity contribution in [3.63, 3.8) is 0 Å². The normalized spacial score (nSPS) is 15.6. The van der Waals surface area contributed by atoms with E-state index >= 15 is 0 Å². The summed E-state index contributed by atoms with van der Waals surface area (Å²) >= 11 is 0. The number of benzene rings is 2. The van der Waals surface area contributed by atoms with Crippen molar-refractivity contribution < 1.29 is 18.7 Å². The van der Waals surface area contributed by atoms with Gasteiger partial charge in [0, 0.05) is 25.3 Å². The topological polar surface area (TPSA) is 49.9 Å². The van der Waals surface area contributed by atoms with E-state index in [1.165, 1.54) is 11.6 Å². The highest BCUT2D eigenvalue weighted by molar-refractivity contribution is 5.98. The van der Waals surface area contributed by atoms with Crippen LogP contribution in [0.1, 0.15) is 58.6 Å². The largest absolute Gasteiger partial charge is 0.444 e. The molecule has 0 saturated carbocycles. The van der Waals surface area contributed by atoms with Crippen molar-refractivity contribution in [1.82, 2.24) is 4.90 Å². The molecular weight excluding hydrogens is 431 g/mol. The van der Waals surface area contributed by atoms with Crippen molar-refractivity contribution in [2.75, 3.05) is 24.5 Å². The predicted octanol–water partition coefficient (Wildman–Crippen LogP) is 6.00. The zero-order chi connectivity index (χ0) is 24.9. The summed E-state index contributed by atoms with van der Waals surface area (Å²) in [5.41, 5.74) is 1.18. The summed E-state index contributed by atoms with van der Waals surface area (Å²) < 4.78 is 20.2. The Labute approximate surface area is 202 Å². The Morgan fingerprint density at radius 3 is 2.18 bits per heavy atom. The van der Waals surface area contributed by atoms with Crippen molar-refractivity contribution in [3.8, 4) is 0 Å². The Kier molecular flexibility index (Phi) is 8.01. The molecule has 0 atom stereocenters. The lowest BCUT2D eigenvalue weighted by molar-refractivity contribution is -0.131. The molecule has 0 unspecified atom stereocenters. The molecule has 0 aromatic heterocycles. The zero-order valence-electron chi connectivity index (χ0n) is 21.1. The number of piperidine rings is 1. The number of carbonyl (C=O) groups is 2. The molecule has 34 heavy (non-hydrogen) atoms. The van der Waals surface area contributed by atoms with E-state index in [9.17, 15) is 14.0 Å². The standard InChI is InChI=1S/C28H37FN2O3/c1-6-21-12-14-23(15-13-21)31(7-2)25(32)28(20-22-10-8-9-11-24(22)29)16-18-30(19-17-28)26(33)34-27(3,4)5/h8-15H,6-7,16-20H2,1-5H3. The quantitative estimate of drug-likeness (QED) is 0.522. The van der Waals surface area contributed by atoms with E-state index in [2.05, 4.69) is 6.92 Å². The summed E-state index contributed by atoms with van der Waals surface area (Å²) in [5.74, 6) is -0.328. The molecule has 1 heterocycles. The molecule has 0 radical (unpaired) electrons. The molecule has 0 bridgehead atoms. The maximum Gasteiger partial charge on any atom is 0.410 e. The van der Waals surface area contributed by atoms with Crippen LogP contribution >= 0.6 is 0 Å². The minimum atomic E-state index is -0.805. The highest BCUT2D eigenvalue weighted by atomic mass is 19.1. The van der Waals surface area contributed by atoms with E-state index in [4.69, 9.17) is 4.74 Å². The van der Waals surface area contributed by atoms with E-state index in [0.717, 1.165) is 12.1 Å². The molecule has 1 fully saturated rings. The molecule has 0 N–H and O–H groups in total. The number of likely N-dealkylation sites (tertiary alicyclic amines) is 1. The van der Waals surface area contributed by atoms with Gasteiger partial charge in [-0.2, -0.15) is 0 Å². The van der Waals surface area contributed by atoms with Gasteiger partial charge in [-0.25, -0.2) is 9.18 Å². The molecule has 1 saturated heterocycles. The van der Waals surface area contributed by atoms with Crippen LogP contribution in [0.25, 0.3) is 0 Å². The van der Waals surface area contributed by atoms with Gasteiger partial charge in [0.25, 0.3) is 0 Å². The minimum absolute atomic E-state index is 0.0219. The van der Waals surface area contributed by atoms with Crippen LogP contribution in [-0.4, -0.2) is 42.1 Å². The maximum atomic E-state index is 14.6. The van der Waals surface area contributed by atoms with E-state index in [0.29, 0.717) is 44.5 Å². The van der Waals surface area contributed by atoms with Crippen molar-refractivity contribution in [1.29, 1.82) is 0 Å². The second-order valence-electron chi connectivity index (χ2n) is 10.1. The van der Waals surface area contributed by atoms with E-state index < -0.39 is 11.0 Å². The number of hydrogen-bond acceptors (Lipinski definition) is 3. The van der Waals surface area contributed by atoms with Crippen LogP contribution in [-0.2, 0) is 22.4 Å². The van der Waals surface area contributed by atoms with Crippen LogP contribution in [0.5, 0.6) is 0 Å². The zero-order valence-corrected chi connectivity index (χ0v) is 21.1. The number of ether oxygens (including phenoxy) is 1. The molecule has 2 amide bonds. The fourth-order valence-electron chi connectivity index (χ4n) is 4.56. The van der Waals surface area contributed by atoms with Gasteiger partial charge in [-0.15, -0.1) is 0 Å². The van der Waals surface area contributed by atoms with Crippen molar-refractivity contribution in [3.05, 3.63) is 65.5 Å². The van der Waals surface area contributed by atoms with Crippen LogP contribution in [0.2, 0.25) is 0 Å². The number of nitrogens with zero attached hydrogens (tertiary/aromatic N) is 2. The molecule has 184 valence electrons. The van der Waals surface area contributed by atoms with Crippen LogP contribution in [0, 0.1) is 11.2 Å². The predicted molar refractivity (Wildman–Crippen MR) is 133 cm³/mol. The van der Waals surface area contributed by atoms with Crippen LogP contribution < -0.4 is 4.90 Å². The highest BCUT2D eigenvalue weighted by Gasteiger charge is 2.45. The summed E-state index contributed by atoms with van der Waals surface area (Å²) in [7, 11) is 0. The third-order valence-electron chi connectivity index (χ3n) is 6.53. The fraction of sp³-hybridized carbons (Fsp3) is 0.500. The molecule has 6 heteroatoms. The number of amides is 2. The van der Waals surface area contributed by atoms with Gasteiger partial charge in [0.15, 0.2) is 0 Å². The van der Waals surface area contributed by atoms with Crippen LogP contribution in [0.3, 0.4) is 0 Å². The molecule has 3 rings (SSSR count). The molecule has 2 aromatic carbocycles. The van der Waals surface area contributed by atoms with Crippen molar-refractivity contribution in [2.45, 2.75) is 65.9 Å². The lowest BCUT2D eigenvalue weighted by atomic mass is 9.72. The number of halogens is 1. The molecular formula is C28H37FN2O3. The summed E-state index contributed by atoms with van der Waals surface area (Å²) in [6.07, 6.45) is 1.75. The summed E-state index contributed by atoms with van der Waals surface area (Å²) in [5, 5.41) is 0. The molecule has 0 spiro atoms.